The van der Waals surface area contributed by atoms with Gasteiger partial charge in [0.1, 0.15) is 5.82 Å². The Hall–Kier alpha value is -3.87. The molecule has 1 heterocycles. The lowest BCUT2D eigenvalue weighted by Gasteiger charge is -2.08. The van der Waals surface area contributed by atoms with Crippen molar-refractivity contribution in [1.82, 2.24) is 10.3 Å². The summed E-state index contributed by atoms with van der Waals surface area (Å²) in [4.78, 5) is 40.0. The molecule has 2 N–H and O–H groups in total. The normalized spacial score (nSPS) is 10.3. The van der Waals surface area contributed by atoms with E-state index in [1.807, 2.05) is 0 Å². The third-order valence-corrected chi connectivity index (χ3v) is 4.21. The molecule has 7 heteroatoms. The monoisotopic (exact) mass is 391 g/mol. The number of rotatable bonds is 6. The van der Waals surface area contributed by atoms with Crippen molar-refractivity contribution in [2.24, 2.45) is 0 Å². The Morgan fingerprint density at radius 2 is 1.55 bits per heavy atom. The van der Waals surface area contributed by atoms with Crippen molar-refractivity contribution in [3.8, 4) is 0 Å². The summed E-state index contributed by atoms with van der Waals surface area (Å²) < 4.78 is 13.7. The number of nitrogens with one attached hydrogen (secondary N) is 2. The first kappa shape index (κ1) is 19.9. The number of hydrogen-bond donors (Lipinski definition) is 2. The Kier molecular flexibility index (Phi) is 6.09. The van der Waals surface area contributed by atoms with Crippen molar-refractivity contribution < 1.29 is 18.8 Å². The first-order chi connectivity index (χ1) is 13.9. The van der Waals surface area contributed by atoms with Crippen LogP contribution >= 0.6 is 0 Å². The van der Waals surface area contributed by atoms with Gasteiger partial charge in [0.2, 0.25) is 0 Å². The maximum absolute atomic E-state index is 13.7. The molecule has 3 aromatic rings. The zero-order valence-corrected chi connectivity index (χ0v) is 15.6. The molecule has 146 valence electrons. The van der Waals surface area contributed by atoms with Gasteiger partial charge in [-0.3, -0.25) is 19.4 Å². The van der Waals surface area contributed by atoms with Gasteiger partial charge in [0, 0.05) is 35.8 Å². The van der Waals surface area contributed by atoms with Crippen molar-refractivity contribution in [3.05, 3.63) is 95.1 Å². The van der Waals surface area contributed by atoms with Crippen molar-refractivity contribution >= 4 is 23.3 Å². The number of Topliss-reactive ketones (excluding diaryl/α,β-unsaturated/α-hetero) is 1. The van der Waals surface area contributed by atoms with E-state index >= 15 is 0 Å². The van der Waals surface area contributed by atoms with E-state index in [-0.39, 0.29) is 23.5 Å². The molecule has 2 amide bonds. The average molecular weight is 391 g/mol. The molecule has 0 atom stereocenters. The van der Waals surface area contributed by atoms with Gasteiger partial charge in [-0.15, -0.1) is 0 Å². The summed E-state index contributed by atoms with van der Waals surface area (Å²) in [6, 6.07) is 14.0. The number of nitrogens with zero attached hydrogens (tertiary/aromatic N) is 1. The van der Waals surface area contributed by atoms with E-state index in [2.05, 4.69) is 15.6 Å². The minimum atomic E-state index is -0.471. The van der Waals surface area contributed by atoms with Crippen molar-refractivity contribution in [2.75, 3.05) is 5.32 Å². The van der Waals surface area contributed by atoms with E-state index in [0.717, 1.165) is 0 Å². The second kappa shape index (κ2) is 8.88. The fourth-order valence-electron chi connectivity index (χ4n) is 2.60. The SMILES string of the molecule is CC(=O)c1ccc(NC(=O)c2cncc(C(=O)NCc3ccccc3F)c2)cc1. The van der Waals surface area contributed by atoms with E-state index in [9.17, 15) is 18.8 Å². The molecule has 1 aromatic heterocycles. The highest BCUT2D eigenvalue weighted by molar-refractivity contribution is 6.06. The topological polar surface area (TPSA) is 88.2 Å². The molecule has 6 nitrogen and oxygen atoms in total. The van der Waals surface area contributed by atoms with Crippen LogP contribution in [0, 0.1) is 5.82 Å². The summed E-state index contributed by atoms with van der Waals surface area (Å²) in [5.74, 6) is -1.39. The van der Waals surface area contributed by atoms with E-state index in [1.165, 1.54) is 31.5 Å². The predicted octanol–water partition coefficient (Wildman–Crippen LogP) is 3.61. The number of pyridine rings is 1. The largest absolute Gasteiger partial charge is 0.348 e. The molecule has 0 saturated carbocycles. The van der Waals surface area contributed by atoms with Crippen LogP contribution in [0.25, 0.3) is 0 Å². The summed E-state index contributed by atoms with van der Waals surface area (Å²) >= 11 is 0. The van der Waals surface area contributed by atoms with E-state index in [1.54, 1.807) is 42.5 Å². The zero-order chi connectivity index (χ0) is 20.8. The Balaban J connectivity index is 1.66. The minimum Gasteiger partial charge on any atom is -0.348 e. The Labute approximate surface area is 166 Å². The smallest absolute Gasteiger partial charge is 0.257 e. The quantitative estimate of drug-likeness (QED) is 0.629. The van der Waals surface area contributed by atoms with E-state index in [0.29, 0.717) is 16.8 Å². The van der Waals surface area contributed by atoms with Gasteiger partial charge in [0.05, 0.1) is 11.1 Å². The average Bonchev–Trinajstić information content (AvgIpc) is 2.73. The summed E-state index contributed by atoms with van der Waals surface area (Å²) in [6.07, 6.45) is 2.67. The Morgan fingerprint density at radius 1 is 0.897 bits per heavy atom. The molecular weight excluding hydrogens is 373 g/mol. The molecule has 0 aliphatic heterocycles. The van der Waals surface area contributed by atoms with Gasteiger partial charge in [-0.1, -0.05) is 18.2 Å². The number of carbonyl (C=O) groups is 3. The van der Waals surface area contributed by atoms with Crippen LogP contribution in [0.2, 0.25) is 0 Å². The molecule has 0 aliphatic carbocycles. The highest BCUT2D eigenvalue weighted by atomic mass is 19.1. The zero-order valence-electron chi connectivity index (χ0n) is 15.6. The standard InChI is InChI=1S/C22H18FN3O3/c1-14(27)15-6-8-19(9-7-15)26-22(29)18-10-17(11-24-12-18)21(28)25-13-16-4-2-3-5-20(16)23/h2-12H,13H2,1H3,(H,25,28)(H,26,29). The third kappa shape index (κ3) is 5.10. The van der Waals surface area contributed by atoms with Gasteiger partial charge in [-0.2, -0.15) is 0 Å². The Morgan fingerprint density at radius 3 is 2.21 bits per heavy atom. The number of hydrogen-bond acceptors (Lipinski definition) is 4. The molecule has 0 bridgehead atoms. The number of aromatic nitrogens is 1. The molecule has 0 saturated heterocycles. The van der Waals surface area contributed by atoms with Crippen LogP contribution in [-0.2, 0) is 6.54 Å². The van der Waals surface area contributed by atoms with Gasteiger partial charge in [-0.25, -0.2) is 4.39 Å². The molecule has 29 heavy (non-hydrogen) atoms. The molecule has 0 fully saturated rings. The second-order valence-corrected chi connectivity index (χ2v) is 6.32. The molecule has 3 rings (SSSR count). The number of halogens is 1. The van der Waals surface area contributed by atoms with Crippen LogP contribution in [0.3, 0.4) is 0 Å². The van der Waals surface area contributed by atoms with Crippen LogP contribution in [0.5, 0.6) is 0 Å². The summed E-state index contributed by atoms with van der Waals surface area (Å²) in [5, 5.41) is 5.29. The van der Waals surface area contributed by atoms with Crippen molar-refractivity contribution in [3.63, 3.8) is 0 Å². The van der Waals surface area contributed by atoms with Crippen LogP contribution in [0.1, 0.15) is 43.6 Å². The highest BCUT2D eigenvalue weighted by Gasteiger charge is 2.12. The van der Waals surface area contributed by atoms with Crippen molar-refractivity contribution in [2.45, 2.75) is 13.5 Å². The third-order valence-electron chi connectivity index (χ3n) is 4.21. The number of benzene rings is 2. The summed E-state index contributed by atoms with van der Waals surface area (Å²) in [7, 11) is 0. The molecule has 0 radical (unpaired) electrons. The maximum atomic E-state index is 13.7. The first-order valence-electron chi connectivity index (χ1n) is 8.83. The lowest BCUT2D eigenvalue weighted by molar-refractivity contribution is 0.0949. The van der Waals surface area contributed by atoms with Gasteiger partial charge in [-0.05, 0) is 43.3 Å². The molecule has 0 aliphatic rings. The number of amides is 2. The van der Waals surface area contributed by atoms with Crippen LogP contribution in [0.15, 0.2) is 67.0 Å². The second-order valence-electron chi connectivity index (χ2n) is 6.32. The lowest BCUT2D eigenvalue weighted by Crippen LogP contribution is -2.24. The minimum absolute atomic E-state index is 0.0183. The van der Waals surface area contributed by atoms with Crippen LogP contribution < -0.4 is 10.6 Å². The summed E-state index contributed by atoms with van der Waals surface area (Å²) in [6.45, 7) is 1.48. The molecular formula is C22H18FN3O3. The molecule has 0 unspecified atom stereocenters. The predicted molar refractivity (Wildman–Crippen MR) is 106 cm³/mol. The molecule has 2 aromatic carbocycles. The fraction of sp³-hybridized carbons (Fsp3) is 0.0909. The number of anilines is 1. The van der Waals surface area contributed by atoms with Gasteiger partial charge < -0.3 is 10.6 Å². The van der Waals surface area contributed by atoms with Crippen LogP contribution in [0.4, 0.5) is 10.1 Å². The maximum Gasteiger partial charge on any atom is 0.257 e. The van der Waals surface area contributed by atoms with E-state index < -0.39 is 17.6 Å². The van der Waals surface area contributed by atoms with Crippen molar-refractivity contribution in [1.29, 1.82) is 0 Å². The van der Waals surface area contributed by atoms with Gasteiger partial charge in [0.15, 0.2) is 5.78 Å². The van der Waals surface area contributed by atoms with Gasteiger partial charge >= 0.3 is 0 Å². The van der Waals surface area contributed by atoms with E-state index in [4.69, 9.17) is 0 Å². The number of carbonyl (C=O) groups excluding carboxylic acids is 3. The van der Waals surface area contributed by atoms with Crippen LogP contribution in [-0.4, -0.2) is 22.6 Å². The summed E-state index contributed by atoms with van der Waals surface area (Å²) in [5.41, 5.74) is 1.78. The lowest BCUT2D eigenvalue weighted by atomic mass is 10.1. The molecule has 0 spiro atoms. The fourth-order valence-corrected chi connectivity index (χ4v) is 2.60. The number of ketones is 1. The highest BCUT2D eigenvalue weighted by Crippen LogP contribution is 2.13. The Bertz CT molecular complexity index is 1060. The first-order valence-corrected chi connectivity index (χ1v) is 8.83. The van der Waals surface area contributed by atoms with Gasteiger partial charge in [0.25, 0.3) is 11.8 Å².